The van der Waals surface area contributed by atoms with Gasteiger partial charge in [-0.25, -0.2) is 9.97 Å². The molecule has 5 nitrogen and oxygen atoms in total. The van der Waals surface area contributed by atoms with E-state index in [2.05, 4.69) is 25.9 Å². The van der Waals surface area contributed by atoms with E-state index in [9.17, 15) is 4.79 Å². The SMILES string of the molecule is O=C(CCCBr)N1CCC(Oc2ccncn2)CC1. The molecule has 0 saturated carbocycles. The Kier molecular flexibility index (Phi) is 5.57. The Morgan fingerprint density at radius 2 is 2.26 bits per heavy atom. The second kappa shape index (κ2) is 7.43. The van der Waals surface area contributed by atoms with Crippen LogP contribution in [-0.4, -0.2) is 45.3 Å². The maximum absolute atomic E-state index is 11.9. The number of hydrogen-bond acceptors (Lipinski definition) is 4. The first-order valence-electron chi connectivity index (χ1n) is 6.56. The molecular formula is C13H18BrN3O2. The molecule has 2 rings (SSSR count). The van der Waals surface area contributed by atoms with Crippen molar-refractivity contribution in [1.29, 1.82) is 0 Å². The molecule has 1 aliphatic rings. The standard InChI is InChI=1S/C13H18BrN3O2/c14-6-1-2-13(18)17-8-4-11(5-9-17)19-12-3-7-15-10-16-12/h3,7,10-11H,1-2,4-6,8-9H2. The first-order chi connectivity index (χ1) is 9.29. The monoisotopic (exact) mass is 327 g/mol. The van der Waals surface area contributed by atoms with Gasteiger partial charge in [-0.2, -0.15) is 0 Å². The number of likely N-dealkylation sites (tertiary alicyclic amines) is 1. The number of ether oxygens (including phenoxy) is 1. The van der Waals surface area contributed by atoms with Crippen LogP contribution in [0, 0.1) is 0 Å². The van der Waals surface area contributed by atoms with Gasteiger partial charge in [0.2, 0.25) is 11.8 Å². The van der Waals surface area contributed by atoms with E-state index in [-0.39, 0.29) is 12.0 Å². The molecule has 6 heteroatoms. The van der Waals surface area contributed by atoms with Crippen LogP contribution in [0.3, 0.4) is 0 Å². The zero-order valence-corrected chi connectivity index (χ0v) is 12.4. The van der Waals surface area contributed by atoms with Crippen LogP contribution in [0.15, 0.2) is 18.6 Å². The van der Waals surface area contributed by atoms with E-state index < -0.39 is 0 Å². The van der Waals surface area contributed by atoms with Crippen LogP contribution in [0.4, 0.5) is 0 Å². The van der Waals surface area contributed by atoms with Crippen molar-refractivity contribution in [3.63, 3.8) is 0 Å². The summed E-state index contributed by atoms with van der Waals surface area (Å²) in [6.07, 6.45) is 6.55. The average molecular weight is 328 g/mol. The van der Waals surface area contributed by atoms with Gasteiger partial charge in [0.15, 0.2) is 0 Å². The Bertz CT molecular complexity index is 394. The Morgan fingerprint density at radius 1 is 1.47 bits per heavy atom. The van der Waals surface area contributed by atoms with Crippen molar-refractivity contribution in [1.82, 2.24) is 14.9 Å². The molecule has 1 saturated heterocycles. The number of nitrogens with zero attached hydrogens (tertiary/aromatic N) is 3. The predicted molar refractivity (Wildman–Crippen MR) is 75.3 cm³/mol. The number of rotatable bonds is 5. The van der Waals surface area contributed by atoms with Gasteiger partial charge in [0.05, 0.1) is 0 Å². The minimum atomic E-state index is 0.148. The number of hydrogen-bond donors (Lipinski definition) is 0. The van der Waals surface area contributed by atoms with Crippen LogP contribution in [0.5, 0.6) is 5.88 Å². The maximum Gasteiger partial charge on any atom is 0.222 e. The molecule has 0 aromatic carbocycles. The van der Waals surface area contributed by atoms with E-state index in [1.165, 1.54) is 6.33 Å². The van der Waals surface area contributed by atoms with Crippen LogP contribution in [-0.2, 0) is 4.79 Å². The van der Waals surface area contributed by atoms with Gasteiger partial charge in [0.1, 0.15) is 12.4 Å². The highest BCUT2D eigenvalue weighted by Crippen LogP contribution is 2.17. The number of alkyl halides is 1. The molecule has 2 heterocycles. The fourth-order valence-electron chi connectivity index (χ4n) is 2.12. The minimum absolute atomic E-state index is 0.148. The van der Waals surface area contributed by atoms with Gasteiger partial charge in [0.25, 0.3) is 0 Å². The molecule has 1 fully saturated rings. The molecule has 0 aliphatic carbocycles. The number of aromatic nitrogens is 2. The lowest BCUT2D eigenvalue weighted by molar-refractivity contribution is -0.133. The van der Waals surface area contributed by atoms with Crippen LogP contribution < -0.4 is 4.74 Å². The number of piperidine rings is 1. The lowest BCUT2D eigenvalue weighted by atomic mass is 10.1. The molecule has 1 amide bonds. The first-order valence-corrected chi connectivity index (χ1v) is 7.68. The summed E-state index contributed by atoms with van der Waals surface area (Å²) in [5.74, 6) is 0.860. The molecule has 0 bridgehead atoms. The highest BCUT2D eigenvalue weighted by Gasteiger charge is 2.23. The summed E-state index contributed by atoms with van der Waals surface area (Å²) in [4.78, 5) is 21.7. The van der Waals surface area contributed by atoms with Crippen molar-refractivity contribution < 1.29 is 9.53 Å². The third-order valence-electron chi connectivity index (χ3n) is 3.16. The van der Waals surface area contributed by atoms with Crippen molar-refractivity contribution in [2.24, 2.45) is 0 Å². The molecule has 104 valence electrons. The summed E-state index contributed by atoms with van der Waals surface area (Å²) >= 11 is 3.35. The molecule has 1 aromatic heterocycles. The van der Waals surface area contributed by atoms with Crippen LogP contribution in [0.2, 0.25) is 0 Å². The van der Waals surface area contributed by atoms with Gasteiger partial charge in [-0.3, -0.25) is 4.79 Å². The number of carbonyl (C=O) groups excluding carboxylic acids is 1. The van der Waals surface area contributed by atoms with Gasteiger partial charge >= 0.3 is 0 Å². The molecule has 0 spiro atoms. The second-order valence-corrected chi connectivity index (χ2v) is 5.33. The zero-order valence-electron chi connectivity index (χ0n) is 10.8. The van der Waals surface area contributed by atoms with Crippen LogP contribution in [0.25, 0.3) is 0 Å². The van der Waals surface area contributed by atoms with Crippen molar-refractivity contribution >= 4 is 21.8 Å². The van der Waals surface area contributed by atoms with Crippen molar-refractivity contribution in [2.75, 3.05) is 18.4 Å². The Hall–Kier alpha value is -1.17. The molecule has 1 aliphatic heterocycles. The van der Waals surface area contributed by atoms with Crippen LogP contribution >= 0.6 is 15.9 Å². The van der Waals surface area contributed by atoms with Gasteiger partial charge < -0.3 is 9.64 Å². The third-order valence-corrected chi connectivity index (χ3v) is 3.72. The van der Waals surface area contributed by atoms with Gasteiger partial charge in [0, 0.05) is 49.9 Å². The Labute approximate surface area is 121 Å². The van der Waals surface area contributed by atoms with E-state index in [4.69, 9.17) is 4.74 Å². The lowest BCUT2D eigenvalue weighted by Gasteiger charge is -2.32. The van der Waals surface area contributed by atoms with Crippen LogP contribution in [0.1, 0.15) is 25.7 Å². The summed E-state index contributed by atoms with van der Waals surface area (Å²) in [7, 11) is 0. The summed E-state index contributed by atoms with van der Waals surface area (Å²) in [5.41, 5.74) is 0. The number of amides is 1. The van der Waals surface area contributed by atoms with E-state index >= 15 is 0 Å². The average Bonchev–Trinajstić information content (AvgIpc) is 2.46. The summed E-state index contributed by atoms with van der Waals surface area (Å²) in [6.45, 7) is 1.55. The lowest BCUT2D eigenvalue weighted by Crippen LogP contribution is -2.41. The first kappa shape index (κ1) is 14.2. The minimum Gasteiger partial charge on any atom is -0.474 e. The normalized spacial score (nSPS) is 16.4. The molecule has 0 radical (unpaired) electrons. The second-order valence-electron chi connectivity index (χ2n) is 4.54. The van der Waals surface area contributed by atoms with Crippen molar-refractivity contribution in [3.8, 4) is 5.88 Å². The summed E-state index contributed by atoms with van der Waals surface area (Å²) in [5, 5.41) is 0.881. The summed E-state index contributed by atoms with van der Waals surface area (Å²) in [6, 6.07) is 1.76. The third kappa shape index (κ3) is 4.45. The molecule has 19 heavy (non-hydrogen) atoms. The van der Waals surface area contributed by atoms with Gasteiger partial charge in [-0.1, -0.05) is 15.9 Å². The van der Waals surface area contributed by atoms with E-state index in [1.54, 1.807) is 12.3 Å². The largest absolute Gasteiger partial charge is 0.474 e. The fourth-order valence-corrected chi connectivity index (χ4v) is 2.40. The highest BCUT2D eigenvalue weighted by atomic mass is 79.9. The zero-order chi connectivity index (χ0) is 13.5. The molecule has 0 atom stereocenters. The van der Waals surface area contributed by atoms with E-state index in [0.717, 1.165) is 37.7 Å². The summed E-state index contributed by atoms with van der Waals surface area (Å²) < 4.78 is 5.77. The predicted octanol–water partition coefficient (Wildman–Crippen LogP) is 2.02. The van der Waals surface area contributed by atoms with Crippen molar-refractivity contribution in [2.45, 2.75) is 31.8 Å². The molecule has 1 aromatic rings. The smallest absolute Gasteiger partial charge is 0.222 e. The fraction of sp³-hybridized carbons (Fsp3) is 0.615. The Morgan fingerprint density at radius 3 is 2.89 bits per heavy atom. The van der Waals surface area contributed by atoms with E-state index in [1.807, 2.05) is 4.90 Å². The van der Waals surface area contributed by atoms with E-state index in [0.29, 0.717) is 12.3 Å². The Balaban J connectivity index is 1.75. The quantitative estimate of drug-likeness (QED) is 0.776. The molecular weight excluding hydrogens is 310 g/mol. The highest BCUT2D eigenvalue weighted by molar-refractivity contribution is 9.09. The number of halogens is 1. The van der Waals surface area contributed by atoms with Crippen molar-refractivity contribution in [3.05, 3.63) is 18.6 Å². The number of carbonyl (C=O) groups is 1. The topological polar surface area (TPSA) is 55.3 Å². The van der Waals surface area contributed by atoms with Gasteiger partial charge in [-0.05, 0) is 6.42 Å². The van der Waals surface area contributed by atoms with Gasteiger partial charge in [-0.15, -0.1) is 0 Å². The molecule has 0 N–H and O–H groups in total. The molecule has 0 unspecified atom stereocenters. The maximum atomic E-state index is 11.9.